The summed E-state index contributed by atoms with van der Waals surface area (Å²) in [6.07, 6.45) is -38.0. The van der Waals surface area contributed by atoms with Gasteiger partial charge in [-0.25, -0.2) is 0 Å². The first kappa shape index (κ1) is 87.3. The molecule has 0 aromatic rings. The lowest BCUT2D eigenvalue weighted by molar-refractivity contribution is -0.312. The van der Waals surface area contributed by atoms with Crippen LogP contribution in [0.3, 0.4) is 0 Å². The zero-order valence-electron chi connectivity index (χ0n) is 54.8. The second-order valence-electron chi connectivity index (χ2n) is 26.7. The lowest BCUT2D eigenvalue weighted by Crippen LogP contribution is -2.69. The molecule has 40 nitrogen and oxygen atoms in total. The van der Waals surface area contributed by atoms with Gasteiger partial charge in [-0.15, -0.1) is 0 Å². The van der Waals surface area contributed by atoms with E-state index in [0.717, 1.165) is 0 Å². The second kappa shape index (κ2) is 39.3. The van der Waals surface area contributed by atoms with Crippen molar-refractivity contribution in [2.75, 3.05) is 32.9 Å². The Hall–Kier alpha value is -2.34. The van der Waals surface area contributed by atoms with Crippen molar-refractivity contribution in [3.05, 3.63) is 0 Å². The molecule has 40 atom stereocenters. The molecular weight excluding hydrogens is 1330 g/mol. The highest BCUT2D eigenvalue weighted by atomic mass is 16.8. The summed E-state index contributed by atoms with van der Waals surface area (Å²) < 4.78 is 56.5. The fourth-order valence-electron chi connectivity index (χ4n) is 13.3. The number of hydrogen-bond donors (Lipinski definition) is 28. The summed E-state index contributed by atoms with van der Waals surface area (Å²) in [4.78, 5) is 24.6. The van der Waals surface area contributed by atoms with Gasteiger partial charge in [0.05, 0.1) is 56.2 Å². The summed E-state index contributed by atoms with van der Waals surface area (Å²) in [7, 11) is 0. The molecule has 40 heteroatoms. The SMILES string of the molecule is C.CCC[C@H](O)C(=O)C[C@@H]1CC(N)[C@@H](O[C@H]2OC(CO)[C@@H](O)[C@H](O)C2N)[C@H](O)C1O.CCC[C@H](O)C(=O)N[C@@H]1CC(N)[C@@H](O[C@H]2OC(CO)[C@@H](O)[C@H](O)C2N)[C@H](O[C@@H]2O[C@H](CN)[C@H](O)C2O)C1O.C[C@@H]1CC(N)[C@@H](O[C@H]2OC(CO)[C@@H](O)[C@H](O)C2N)[C@H](O[C@@H]2O[C@H](CN)[C@H](O)C2O)C1O. The quantitative estimate of drug-likeness (QED) is 0.0427. The molecule has 0 spiro atoms. The Bertz CT molecular complexity index is 2390. The first-order valence-electron chi connectivity index (χ1n) is 33.2. The van der Waals surface area contributed by atoms with Crippen LogP contribution in [0.15, 0.2) is 0 Å². The molecule has 582 valence electrons. The molecule has 5 saturated heterocycles. The third-order valence-electron chi connectivity index (χ3n) is 19.4. The van der Waals surface area contributed by atoms with E-state index in [2.05, 4.69) is 5.32 Å². The van der Waals surface area contributed by atoms with Crippen LogP contribution in [-0.2, 0) is 57.0 Å². The van der Waals surface area contributed by atoms with E-state index >= 15 is 0 Å². The van der Waals surface area contributed by atoms with Gasteiger partial charge in [0.1, 0.15) is 146 Å². The minimum absolute atomic E-state index is 0. The van der Waals surface area contributed by atoms with E-state index in [0.29, 0.717) is 25.7 Å². The summed E-state index contributed by atoms with van der Waals surface area (Å²) in [5.74, 6) is -2.09. The van der Waals surface area contributed by atoms with E-state index in [9.17, 15) is 107 Å². The molecule has 3 saturated carbocycles. The Kier molecular flexibility index (Phi) is 34.7. The predicted octanol–water partition coefficient (Wildman–Crippen LogP) is -14.7. The monoisotopic (exact) mass is 1450 g/mol. The van der Waals surface area contributed by atoms with Crippen molar-refractivity contribution >= 4 is 11.7 Å². The highest BCUT2D eigenvalue weighted by Crippen LogP contribution is 2.38. The minimum Gasteiger partial charge on any atom is -0.394 e. The Morgan fingerprint density at radius 3 is 1.15 bits per heavy atom. The van der Waals surface area contributed by atoms with E-state index in [1.807, 2.05) is 6.92 Å². The van der Waals surface area contributed by atoms with Gasteiger partial charge in [0, 0.05) is 37.6 Å². The third kappa shape index (κ3) is 20.6. The maximum absolute atomic E-state index is 12.5. The highest BCUT2D eigenvalue weighted by Gasteiger charge is 2.56. The van der Waals surface area contributed by atoms with Gasteiger partial charge in [0.15, 0.2) is 37.2 Å². The molecule has 3 aliphatic carbocycles. The van der Waals surface area contributed by atoms with Crippen LogP contribution in [0.5, 0.6) is 0 Å². The maximum Gasteiger partial charge on any atom is 0.249 e. The standard InChI is InChI=1S/C22H42N4O12.C18H35N3O10.C18H34N2O9.CH4/c1-2-3-9(28)20(34)26-8-4-7(24)18(37-21-12(25)16(32)15(31)11(6-27)36-21)19(13(8)29)38-22-17(33)14(30)10(5-23)35-22;1-5-2-6(20)15(30-17-9(21)13(26)12(25)8(4-22)29-17)16(10(5)23)31-18-14(27)11(24)7(3-19)28-18;1-2-3-9(22)10(23)5-7-4-8(19)17(16(27)13(7)24)29-18-12(20)15(26)14(25)11(6-21)28-18;/h7-19,21-22,27-33H,2-6,23-25H2,1H3,(H,26,34);5-18,22-27H,2-4,19-21H2,1H3;7-9,11-18,21-22,24-27H,2-6,19-20H2,1H3;1H4/t7?,8-,9+,10-,11?,12?,13?,14+,15-,16-,17?,18-,19-,21-,22+;5-,6?,7-,8?,9?,10?,11+,12-,13-,14?,15-,16-,17-,18+;7-,8?,9-,11?,12?,13?,14+,15+,16+,17+,18+;/m110./s1. The number of carbonyl (C=O) groups is 2. The number of amides is 1. The number of rotatable bonds is 24. The van der Waals surface area contributed by atoms with Gasteiger partial charge in [-0.1, -0.05) is 41.0 Å². The molecule has 8 aliphatic rings. The lowest BCUT2D eigenvalue weighted by Gasteiger charge is -2.47. The number of ketones is 1. The van der Waals surface area contributed by atoms with Gasteiger partial charge in [0.2, 0.25) is 5.91 Å². The summed E-state index contributed by atoms with van der Waals surface area (Å²) in [6, 6.07) is -7.03. The van der Waals surface area contributed by atoms with Crippen LogP contribution in [-0.4, -0.2) is 374 Å². The molecular formula is C59H115N9O31. The molecule has 0 bridgehead atoms. The average Bonchev–Trinajstić information content (AvgIpc) is 1.73. The van der Waals surface area contributed by atoms with E-state index in [1.165, 1.54) is 0 Å². The van der Waals surface area contributed by atoms with Crippen molar-refractivity contribution in [1.82, 2.24) is 5.32 Å². The molecule has 5 aliphatic heterocycles. The van der Waals surface area contributed by atoms with Crippen LogP contribution in [0.2, 0.25) is 0 Å². The first-order chi connectivity index (χ1) is 46.2. The zero-order chi connectivity index (χ0) is 73.2. The number of nitrogens with one attached hydrogen (secondary N) is 1. The van der Waals surface area contributed by atoms with Crippen molar-refractivity contribution in [2.24, 2.45) is 57.7 Å². The fourth-order valence-corrected chi connectivity index (χ4v) is 13.3. The fraction of sp³-hybridized carbons (Fsp3) is 0.966. The summed E-state index contributed by atoms with van der Waals surface area (Å²) in [5.41, 5.74) is 47.6. The maximum atomic E-state index is 12.5. The molecule has 5 heterocycles. The number of aliphatic hydroxyl groups is 19. The number of hydrogen-bond acceptors (Lipinski definition) is 39. The summed E-state index contributed by atoms with van der Waals surface area (Å²) >= 11 is 0. The van der Waals surface area contributed by atoms with Crippen molar-refractivity contribution in [3.8, 4) is 0 Å². The predicted molar refractivity (Wildman–Crippen MR) is 336 cm³/mol. The van der Waals surface area contributed by atoms with E-state index in [1.54, 1.807) is 13.8 Å². The molecule has 0 radical (unpaired) electrons. The second-order valence-corrected chi connectivity index (χ2v) is 26.7. The Morgan fingerprint density at radius 2 is 0.768 bits per heavy atom. The van der Waals surface area contributed by atoms with Crippen molar-refractivity contribution in [2.45, 2.75) is 312 Å². The van der Waals surface area contributed by atoms with Crippen molar-refractivity contribution in [1.29, 1.82) is 0 Å². The molecule has 0 aromatic carbocycles. The number of aliphatic hydroxyl groups excluding tert-OH is 19. The minimum atomic E-state index is -1.54. The van der Waals surface area contributed by atoms with E-state index in [4.69, 9.17) is 93.2 Å². The van der Waals surface area contributed by atoms with Gasteiger partial charge in [0.25, 0.3) is 0 Å². The van der Waals surface area contributed by atoms with Crippen LogP contribution in [0.1, 0.15) is 79.6 Å². The first-order valence-corrected chi connectivity index (χ1v) is 33.2. The smallest absolute Gasteiger partial charge is 0.249 e. The van der Waals surface area contributed by atoms with Gasteiger partial charge >= 0.3 is 0 Å². The van der Waals surface area contributed by atoms with Crippen LogP contribution < -0.4 is 51.2 Å². The molecule has 1 amide bonds. The average molecular weight is 1450 g/mol. The van der Waals surface area contributed by atoms with Crippen molar-refractivity contribution < 1.29 is 154 Å². The molecule has 99 heavy (non-hydrogen) atoms. The molecule has 8 fully saturated rings. The topological polar surface area (TPSA) is 731 Å². The molecule has 14 unspecified atom stereocenters. The normalized spacial score (nSPS) is 47.7. The summed E-state index contributed by atoms with van der Waals surface area (Å²) in [6.45, 7) is 3.39. The number of nitrogens with two attached hydrogens (primary N) is 8. The number of ether oxygens (including phenoxy) is 10. The Labute approximate surface area is 572 Å². The van der Waals surface area contributed by atoms with Gasteiger partial charge in [-0.05, 0) is 43.9 Å². The van der Waals surface area contributed by atoms with Gasteiger partial charge in [-0.2, -0.15) is 0 Å². The molecule has 8 rings (SSSR count). The lowest BCUT2D eigenvalue weighted by atomic mass is 9.76. The van der Waals surface area contributed by atoms with Gasteiger partial charge < -0.3 is 196 Å². The molecule has 36 N–H and O–H groups in total. The van der Waals surface area contributed by atoms with Gasteiger partial charge in [-0.3, -0.25) is 9.59 Å². The summed E-state index contributed by atoms with van der Waals surface area (Å²) in [5, 5.41) is 195. The Balaban J connectivity index is 0.000000269. The zero-order valence-corrected chi connectivity index (χ0v) is 54.8. The number of carbonyl (C=O) groups excluding carboxylic acids is 2. The van der Waals surface area contributed by atoms with E-state index in [-0.39, 0.29) is 52.1 Å². The Morgan fingerprint density at radius 1 is 0.424 bits per heavy atom. The number of Topliss-reactive ketones (excluding diaryl/α,β-unsaturated/α-hetero) is 1. The third-order valence-corrected chi connectivity index (χ3v) is 19.4. The highest BCUT2D eigenvalue weighted by molar-refractivity contribution is 5.83. The largest absolute Gasteiger partial charge is 0.394 e. The van der Waals surface area contributed by atoms with Crippen LogP contribution in [0, 0.1) is 11.8 Å². The van der Waals surface area contributed by atoms with Crippen LogP contribution >= 0.6 is 0 Å². The molecule has 0 aromatic heterocycles. The van der Waals surface area contributed by atoms with Crippen molar-refractivity contribution in [3.63, 3.8) is 0 Å². The van der Waals surface area contributed by atoms with Crippen LogP contribution in [0.4, 0.5) is 0 Å². The van der Waals surface area contributed by atoms with E-state index < -0.39 is 270 Å². The van der Waals surface area contributed by atoms with Crippen LogP contribution in [0.25, 0.3) is 0 Å².